The van der Waals surface area contributed by atoms with Crippen molar-refractivity contribution in [2.75, 3.05) is 11.9 Å². The lowest BCUT2D eigenvalue weighted by Crippen LogP contribution is -2.26. The molecule has 23 heavy (non-hydrogen) atoms. The third-order valence-corrected chi connectivity index (χ3v) is 3.52. The molecule has 0 radical (unpaired) electrons. The average molecular weight is 315 g/mol. The highest BCUT2D eigenvalue weighted by atomic mass is 19.1. The number of ether oxygens (including phenoxy) is 1. The Morgan fingerprint density at radius 1 is 1.22 bits per heavy atom. The molecule has 0 aliphatic rings. The van der Waals surface area contributed by atoms with Gasteiger partial charge in [0.1, 0.15) is 11.9 Å². The summed E-state index contributed by atoms with van der Waals surface area (Å²) in [7, 11) is 0. The number of anilines is 1. The molecule has 0 unspecified atom stereocenters. The Morgan fingerprint density at radius 2 is 2.04 bits per heavy atom. The quantitative estimate of drug-likeness (QED) is 0.758. The highest BCUT2D eigenvalue weighted by Gasteiger charge is 2.12. The van der Waals surface area contributed by atoms with Crippen molar-refractivity contribution in [1.82, 2.24) is 19.8 Å². The third kappa shape index (κ3) is 3.39. The molecule has 7 heteroatoms. The van der Waals surface area contributed by atoms with Crippen LogP contribution in [0.5, 0.6) is 5.75 Å². The lowest BCUT2D eigenvalue weighted by molar-refractivity contribution is 0.200. The highest BCUT2D eigenvalue weighted by molar-refractivity contribution is 5.43. The molecule has 1 aromatic carbocycles. The second-order valence-corrected chi connectivity index (χ2v) is 5.20. The van der Waals surface area contributed by atoms with Crippen molar-refractivity contribution in [2.24, 2.45) is 0 Å². The van der Waals surface area contributed by atoms with Crippen LogP contribution in [0.25, 0.3) is 5.65 Å². The number of hydrogen-bond donors (Lipinski definition) is 1. The van der Waals surface area contributed by atoms with E-state index in [-0.39, 0.29) is 17.7 Å². The molecule has 2 heterocycles. The molecular formula is C16H18FN5O. The monoisotopic (exact) mass is 315 g/mol. The van der Waals surface area contributed by atoms with Crippen LogP contribution in [-0.2, 0) is 0 Å². The number of benzene rings is 1. The van der Waals surface area contributed by atoms with E-state index < -0.39 is 0 Å². The standard InChI is InChI=1S/C16H18FN5O/c1-3-12(23-14-7-5-4-6-13(14)17)10-18-15-8-9-16-20-19-11(2)22(16)21-15/h4-9,12H,3,10H2,1-2H3,(H,18,21)/t12-/m0/s1. The predicted octanol–water partition coefficient (Wildman–Crippen LogP) is 2.84. The Labute approximate surface area is 133 Å². The summed E-state index contributed by atoms with van der Waals surface area (Å²) in [6.07, 6.45) is 0.585. The van der Waals surface area contributed by atoms with Crippen molar-refractivity contribution in [2.45, 2.75) is 26.4 Å². The third-order valence-electron chi connectivity index (χ3n) is 3.52. The Balaban J connectivity index is 1.67. The van der Waals surface area contributed by atoms with Gasteiger partial charge in [-0.15, -0.1) is 15.3 Å². The van der Waals surface area contributed by atoms with E-state index in [1.165, 1.54) is 6.07 Å². The summed E-state index contributed by atoms with van der Waals surface area (Å²) in [4.78, 5) is 0. The molecular weight excluding hydrogens is 297 g/mol. The van der Waals surface area contributed by atoms with Crippen LogP contribution in [0.4, 0.5) is 10.2 Å². The fourth-order valence-electron chi connectivity index (χ4n) is 2.20. The minimum atomic E-state index is -0.356. The van der Waals surface area contributed by atoms with Gasteiger partial charge in [-0.1, -0.05) is 19.1 Å². The van der Waals surface area contributed by atoms with Gasteiger partial charge in [0, 0.05) is 0 Å². The molecule has 0 spiro atoms. The van der Waals surface area contributed by atoms with E-state index in [0.29, 0.717) is 18.0 Å². The van der Waals surface area contributed by atoms with Crippen LogP contribution in [0.15, 0.2) is 36.4 Å². The van der Waals surface area contributed by atoms with Crippen LogP contribution >= 0.6 is 0 Å². The Bertz CT molecular complexity index is 804. The molecule has 3 rings (SSSR count). The first kappa shape index (κ1) is 15.2. The first-order valence-electron chi connectivity index (χ1n) is 7.51. The van der Waals surface area contributed by atoms with Gasteiger partial charge in [-0.05, 0) is 37.6 Å². The molecule has 6 nitrogen and oxygen atoms in total. The number of nitrogens with one attached hydrogen (secondary N) is 1. The number of para-hydroxylation sites is 1. The van der Waals surface area contributed by atoms with E-state index in [0.717, 1.165) is 12.2 Å². The van der Waals surface area contributed by atoms with Crippen molar-refractivity contribution >= 4 is 11.5 Å². The van der Waals surface area contributed by atoms with Crippen molar-refractivity contribution in [3.05, 3.63) is 48.0 Å². The Hall–Kier alpha value is -2.70. The first-order valence-corrected chi connectivity index (χ1v) is 7.51. The van der Waals surface area contributed by atoms with Crippen LogP contribution in [0.2, 0.25) is 0 Å². The number of fused-ring (bicyclic) bond motifs is 1. The van der Waals surface area contributed by atoms with Gasteiger partial charge in [0.25, 0.3) is 0 Å². The van der Waals surface area contributed by atoms with Gasteiger partial charge < -0.3 is 10.1 Å². The molecule has 1 atom stereocenters. The molecule has 0 saturated heterocycles. The fourth-order valence-corrected chi connectivity index (χ4v) is 2.20. The van der Waals surface area contributed by atoms with Gasteiger partial charge in [0.05, 0.1) is 6.54 Å². The highest BCUT2D eigenvalue weighted by Crippen LogP contribution is 2.18. The molecule has 2 aromatic heterocycles. The largest absolute Gasteiger partial charge is 0.486 e. The maximum Gasteiger partial charge on any atom is 0.178 e. The Kier molecular flexibility index (Phi) is 4.36. The van der Waals surface area contributed by atoms with Crippen LogP contribution < -0.4 is 10.1 Å². The maximum atomic E-state index is 13.7. The predicted molar refractivity (Wildman–Crippen MR) is 85.1 cm³/mol. The number of aryl methyl sites for hydroxylation is 1. The van der Waals surface area contributed by atoms with E-state index in [9.17, 15) is 4.39 Å². The van der Waals surface area contributed by atoms with Crippen molar-refractivity contribution in [3.63, 3.8) is 0 Å². The van der Waals surface area contributed by atoms with Crippen LogP contribution in [0.1, 0.15) is 19.2 Å². The van der Waals surface area contributed by atoms with E-state index in [1.54, 1.807) is 22.7 Å². The number of rotatable bonds is 6. The van der Waals surface area contributed by atoms with Crippen molar-refractivity contribution in [3.8, 4) is 5.75 Å². The van der Waals surface area contributed by atoms with Crippen LogP contribution in [-0.4, -0.2) is 32.5 Å². The van der Waals surface area contributed by atoms with Gasteiger partial charge in [-0.2, -0.15) is 4.52 Å². The number of aromatic nitrogens is 4. The van der Waals surface area contributed by atoms with Gasteiger partial charge >= 0.3 is 0 Å². The van der Waals surface area contributed by atoms with E-state index in [1.807, 2.05) is 26.0 Å². The summed E-state index contributed by atoms with van der Waals surface area (Å²) < 4.78 is 21.0. The normalized spacial score (nSPS) is 12.3. The van der Waals surface area contributed by atoms with Crippen LogP contribution in [0.3, 0.4) is 0 Å². The molecule has 3 aromatic rings. The SMILES string of the molecule is CC[C@@H](CNc1ccc2nnc(C)n2n1)Oc1ccccc1F. The smallest absolute Gasteiger partial charge is 0.178 e. The summed E-state index contributed by atoms with van der Waals surface area (Å²) in [6, 6.07) is 10.1. The molecule has 120 valence electrons. The van der Waals surface area contributed by atoms with Gasteiger partial charge in [-0.3, -0.25) is 0 Å². The summed E-state index contributed by atoms with van der Waals surface area (Å²) in [5.41, 5.74) is 0.697. The number of nitrogens with zero attached hydrogens (tertiary/aromatic N) is 4. The summed E-state index contributed by atoms with van der Waals surface area (Å²) in [6.45, 7) is 4.35. The molecule has 0 saturated carbocycles. The number of halogens is 1. The number of hydrogen-bond acceptors (Lipinski definition) is 5. The molecule has 0 amide bonds. The molecule has 0 aliphatic carbocycles. The lowest BCUT2D eigenvalue weighted by Gasteiger charge is -2.18. The minimum absolute atomic E-state index is 0.161. The average Bonchev–Trinajstić information content (AvgIpc) is 2.94. The van der Waals surface area contributed by atoms with Crippen molar-refractivity contribution < 1.29 is 9.13 Å². The summed E-state index contributed by atoms with van der Waals surface area (Å²) in [5, 5.41) is 15.6. The zero-order valence-corrected chi connectivity index (χ0v) is 13.0. The fraction of sp³-hybridized carbons (Fsp3) is 0.312. The Morgan fingerprint density at radius 3 is 2.83 bits per heavy atom. The molecule has 1 N–H and O–H groups in total. The van der Waals surface area contributed by atoms with E-state index in [2.05, 4.69) is 20.6 Å². The van der Waals surface area contributed by atoms with Crippen LogP contribution in [0, 0.1) is 12.7 Å². The van der Waals surface area contributed by atoms with E-state index in [4.69, 9.17) is 4.74 Å². The summed E-state index contributed by atoms with van der Waals surface area (Å²) >= 11 is 0. The van der Waals surface area contributed by atoms with Gasteiger partial charge in [-0.25, -0.2) is 4.39 Å². The van der Waals surface area contributed by atoms with Crippen molar-refractivity contribution in [1.29, 1.82) is 0 Å². The van der Waals surface area contributed by atoms with Gasteiger partial charge in [0.2, 0.25) is 0 Å². The topological polar surface area (TPSA) is 64.3 Å². The second-order valence-electron chi connectivity index (χ2n) is 5.20. The molecule has 0 bridgehead atoms. The maximum absolute atomic E-state index is 13.7. The van der Waals surface area contributed by atoms with E-state index >= 15 is 0 Å². The van der Waals surface area contributed by atoms with Gasteiger partial charge in [0.15, 0.2) is 23.0 Å². The zero-order chi connectivity index (χ0) is 16.2. The second kappa shape index (κ2) is 6.60. The first-order chi connectivity index (χ1) is 11.2. The zero-order valence-electron chi connectivity index (χ0n) is 13.0. The summed E-state index contributed by atoms with van der Waals surface area (Å²) in [5.74, 6) is 1.32. The lowest BCUT2D eigenvalue weighted by atomic mass is 10.2. The molecule has 0 aliphatic heterocycles. The minimum Gasteiger partial charge on any atom is -0.486 e. The molecule has 0 fully saturated rings.